The highest BCUT2D eigenvalue weighted by atomic mass is 31.2. The van der Waals surface area contributed by atoms with E-state index in [0.717, 1.165) is 64.2 Å². The van der Waals surface area contributed by atoms with Gasteiger partial charge in [-0.15, -0.1) is 0 Å². The van der Waals surface area contributed by atoms with Gasteiger partial charge in [-0.05, 0) is 77.0 Å². The van der Waals surface area contributed by atoms with Gasteiger partial charge in [0.1, 0.15) is 6.61 Å². The normalized spacial score (nSPS) is 13.3. The van der Waals surface area contributed by atoms with Crippen LogP contribution in [0.2, 0.25) is 0 Å². The number of unbranched alkanes of at least 4 members (excludes halogenated alkanes) is 37. The van der Waals surface area contributed by atoms with Gasteiger partial charge in [-0.25, -0.2) is 4.57 Å². The Morgan fingerprint density at radius 2 is 0.722 bits per heavy atom. The van der Waals surface area contributed by atoms with E-state index in [0.29, 0.717) is 6.42 Å². The molecule has 0 heterocycles. The first-order chi connectivity index (χ1) is 35.3. The average molecular weight is 1030 g/mol. The van der Waals surface area contributed by atoms with E-state index < -0.39 is 26.5 Å². The summed E-state index contributed by atoms with van der Waals surface area (Å²) in [4.78, 5) is 35.1. The van der Waals surface area contributed by atoms with E-state index in [4.69, 9.17) is 24.3 Å². The number of esters is 2. The molecule has 0 bridgehead atoms. The minimum Gasteiger partial charge on any atom is -0.462 e. The fraction of sp³-hybridized carbons (Fsp3) is 0.839. The van der Waals surface area contributed by atoms with E-state index in [1.54, 1.807) is 0 Å². The maximum Gasteiger partial charge on any atom is 0.472 e. The van der Waals surface area contributed by atoms with Crippen LogP contribution in [0.15, 0.2) is 48.6 Å². The molecular weight excluding hydrogens is 918 g/mol. The van der Waals surface area contributed by atoms with Gasteiger partial charge in [-0.2, -0.15) is 0 Å². The lowest BCUT2D eigenvalue weighted by Gasteiger charge is -2.19. The zero-order chi connectivity index (χ0) is 52.4. The molecular formula is C62H116NO8P. The number of phosphoric ester groups is 1. The molecule has 0 radical (unpaired) electrons. The Bertz CT molecular complexity index is 1320. The smallest absolute Gasteiger partial charge is 0.462 e. The molecule has 422 valence electrons. The molecule has 0 fully saturated rings. The highest BCUT2D eigenvalue weighted by molar-refractivity contribution is 7.47. The van der Waals surface area contributed by atoms with Crippen molar-refractivity contribution in [3.8, 4) is 0 Å². The summed E-state index contributed by atoms with van der Waals surface area (Å²) in [6.07, 6.45) is 72.0. The summed E-state index contributed by atoms with van der Waals surface area (Å²) < 4.78 is 33.0. The Morgan fingerprint density at radius 1 is 0.417 bits per heavy atom. The molecule has 0 aliphatic rings. The monoisotopic (exact) mass is 1030 g/mol. The van der Waals surface area contributed by atoms with Crippen molar-refractivity contribution in [1.29, 1.82) is 0 Å². The molecule has 0 aliphatic carbocycles. The maximum absolute atomic E-state index is 12.7. The van der Waals surface area contributed by atoms with E-state index in [-0.39, 0.29) is 38.6 Å². The lowest BCUT2D eigenvalue weighted by Crippen LogP contribution is -2.29. The number of ether oxygens (including phenoxy) is 2. The zero-order valence-electron chi connectivity index (χ0n) is 47.2. The molecule has 0 aromatic rings. The summed E-state index contributed by atoms with van der Waals surface area (Å²) in [5.74, 6) is -0.826. The predicted octanol–water partition coefficient (Wildman–Crippen LogP) is 19.4. The van der Waals surface area contributed by atoms with Gasteiger partial charge >= 0.3 is 19.8 Å². The summed E-state index contributed by atoms with van der Waals surface area (Å²) in [5.41, 5.74) is 5.38. The van der Waals surface area contributed by atoms with Crippen LogP contribution in [0.4, 0.5) is 0 Å². The van der Waals surface area contributed by atoms with Crippen molar-refractivity contribution >= 4 is 19.8 Å². The molecule has 0 amide bonds. The molecule has 9 nitrogen and oxygen atoms in total. The van der Waals surface area contributed by atoms with Crippen LogP contribution >= 0.6 is 7.82 Å². The van der Waals surface area contributed by atoms with E-state index in [1.807, 2.05) is 0 Å². The Balaban J connectivity index is 3.79. The van der Waals surface area contributed by atoms with Gasteiger partial charge in [-0.1, -0.05) is 262 Å². The highest BCUT2D eigenvalue weighted by Crippen LogP contribution is 2.43. The standard InChI is InChI=1S/C62H116NO8P/c1-3-5-7-9-11-13-15-17-19-20-21-22-23-24-25-26-27-28-29-30-31-32-33-34-35-36-37-38-39-40-41-43-45-47-49-51-53-55-62(65)71-60(59-70-72(66,67)69-57-56-63)58-68-61(64)54-52-50-48-46-44-42-18-16-14-12-10-8-6-4-2/h15-18,20-21,23-24,60H,3-14,19,22,25-59,63H2,1-2H3,(H,66,67)/b17-15-,18-16-,21-20-,24-23-. The molecule has 0 saturated heterocycles. The topological polar surface area (TPSA) is 134 Å². The van der Waals surface area contributed by atoms with Crippen LogP contribution in [0.1, 0.15) is 303 Å². The molecule has 0 saturated carbocycles. The lowest BCUT2D eigenvalue weighted by atomic mass is 10.0. The Hall–Kier alpha value is -2.03. The minimum absolute atomic E-state index is 0.0534. The Morgan fingerprint density at radius 3 is 1.08 bits per heavy atom. The van der Waals surface area contributed by atoms with Crippen LogP contribution in [0, 0.1) is 0 Å². The second-order valence-corrected chi connectivity index (χ2v) is 22.0. The average Bonchev–Trinajstić information content (AvgIpc) is 3.37. The second kappa shape index (κ2) is 58.2. The zero-order valence-corrected chi connectivity index (χ0v) is 48.1. The third kappa shape index (κ3) is 57.3. The summed E-state index contributed by atoms with van der Waals surface area (Å²) in [6.45, 7) is 3.74. The summed E-state index contributed by atoms with van der Waals surface area (Å²) >= 11 is 0. The van der Waals surface area contributed by atoms with Crippen molar-refractivity contribution in [3.05, 3.63) is 48.6 Å². The molecule has 72 heavy (non-hydrogen) atoms. The molecule has 0 aliphatic heterocycles. The molecule has 2 atom stereocenters. The third-order valence-electron chi connectivity index (χ3n) is 13.4. The van der Waals surface area contributed by atoms with Crippen molar-refractivity contribution in [1.82, 2.24) is 0 Å². The lowest BCUT2D eigenvalue weighted by molar-refractivity contribution is -0.161. The second-order valence-electron chi connectivity index (χ2n) is 20.6. The number of carbonyl (C=O) groups excluding carboxylic acids is 2. The van der Waals surface area contributed by atoms with Crippen LogP contribution in [-0.2, 0) is 32.7 Å². The van der Waals surface area contributed by atoms with Gasteiger partial charge in [0.05, 0.1) is 13.2 Å². The van der Waals surface area contributed by atoms with Gasteiger partial charge in [0, 0.05) is 19.4 Å². The highest BCUT2D eigenvalue weighted by Gasteiger charge is 2.26. The number of hydrogen-bond acceptors (Lipinski definition) is 8. The molecule has 0 aromatic carbocycles. The fourth-order valence-corrected chi connectivity index (χ4v) is 9.64. The molecule has 10 heteroatoms. The van der Waals surface area contributed by atoms with Gasteiger partial charge in [0.15, 0.2) is 6.10 Å². The van der Waals surface area contributed by atoms with E-state index in [1.165, 1.54) is 205 Å². The predicted molar refractivity (Wildman–Crippen MR) is 307 cm³/mol. The van der Waals surface area contributed by atoms with Crippen molar-refractivity contribution in [2.75, 3.05) is 26.4 Å². The van der Waals surface area contributed by atoms with Crippen LogP contribution < -0.4 is 5.73 Å². The first-order valence-electron chi connectivity index (χ1n) is 30.6. The van der Waals surface area contributed by atoms with Crippen molar-refractivity contribution in [2.45, 2.75) is 309 Å². The maximum atomic E-state index is 12.7. The van der Waals surface area contributed by atoms with Crippen molar-refractivity contribution < 1.29 is 37.6 Å². The van der Waals surface area contributed by atoms with Crippen molar-refractivity contribution in [2.24, 2.45) is 5.73 Å². The molecule has 0 spiro atoms. The SMILES string of the molecule is CCCCCCC/C=C\C/C=C\C/C=C\CCCCCCCCCCCCCCCCCCCCCCCCC(=O)OC(COC(=O)CCCCCCC/C=C\CCCCCCC)COP(=O)(O)OCCN. The fourth-order valence-electron chi connectivity index (χ4n) is 8.88. The first-order valence-corrected chi connectivity index (χ1v) is 32.1. The Kier molecular flexibility index (Phi) is 56.6. The van der Waals surface area contributed by atoms with E-state index in [2.05, 4.69) is 62.5 Å². The molecule has 2 unspecified atom stereocenters. The van der Waals surface area contributed by atoms with Crippen LogP contribution in [0.3, 0.4) is 0 Å². The minimum atomic E-state index is -4.38. The van der Waals surface area contributed by atoms with E-state index >= 15 is 0 Å². The summed E-state index contributed by atoms with van der Waals surface area (Å²) in [6, 6.07) is 0. The number of phosphoric acid groups is 1. The number of nitrogens with two attached hydrogens (primary N) is 1. The van der Waals surface area contributed by atoms with Crippen LogP contribution in [0.25, 0.3) is 0 Å². The summed E-state index contributed by atoms with van der Waals surface area (Å²) in [5, 5.41) is 0. The van der Waals surface area contributed by atoms with Gasteiger partial charge < -0.3 is 20.1 Å². The molecule has 3 N–H and O–H groups in total. The largest absolute Gasteiger partial charge is 0.472 e. The van der Waals surface area contributed by atoms with Gasteiger partial charge in [0.2, 0.25) is 0 Å². The van der Waals surface area contributed by atoms with Crippen LogP contribution in [0.5, 0.6) is 0 Å². The van der Waals surface area contributed by atoms with E-state index in [9.17, 15) is 19.0 Å². The van der Waals surface area contributed by atoms with Gasteiger partial charge in [-0.3, -0.25) is 18.6 Å². The van der Waals surface area contributed by atoms with Crippen molar-refractivity contribution in [3.63, 3.8) is 0 Å². The quantitative estimate of drug-likeness (QED) is 0.0264. The third-order valence-corrected chi connectivity index (χ3v) is 14.4. The number of allylic oxidation sites excluding steroid dienone is 8. The molecule has 0 aromatic heterocycles. The van der Waals surface area contributed by atoms with Crippen LogP contribution in [-0.4, -0.2) is 49.3 Å². The molecule has 0 rings (SSSR count). The number of carbonyl (C=O) groups is 2. The first kappa shape index (κ1) is 70.0. The summed E-state index contributed by atoms with van der Waals surface area (Å²) in [7, 11) is -4.38. The Labute approximate surface area is 445 Å². The number of hydrogen-bond donors (Lipinski definition) is 2. The number of rotatable bonds is 58. The van der Waals surface area contributed by atoms with Gasteiger partial charge in [0.25, 0.3) is 0 Å².